The molecule has 0 radical (unpaired) electrons. The van der Waals surface area contributed by atoms with E-state index in [1.54, 1.807) is 20.3 Å². The van der Waals surface area contributed by atoms with Crippen molar-refractivity contribution in [2.24, 2.45) is 5.92 Å². The van der Waals surface area contributed by atoms with E-state index >= 15 is 0 Å². The highest BCUT2D eigenvalue weighted by molar-refractivity contribution is 5.81. The third kappa shape index (κ3) is 4.26. The summed E-state index contributed by atoms with van der Waals surface area (Å²) >= 11 is 0. The molecule has 0 amide bonds. The van der Waals surface area contributed by atoms with E-state index in [2.05, 4.69) is 0 Å². The summed E-state index contributed by atoms with van der Waals surface area (Å²) in [6.07, 6.45) is 3.95. The van der Waals surface area contributed by atoms with Gasteiger partial charge in [-0.05, 0) is 56.2 Å². The number of rotatable bonds is 8. The third-order valence-electron chi connectivity index (χ3n) is 7.79. The Labute approximate surface area is 204 Å². The predicted molar refractivity (Wildman–Crippen MR) is 123 cm³/mol. The van der Waals surface area contributed by atoms with Crippen LogP contribution in [0, 0.1) is 5.92 Å². The number of benzene rings is 1. The third-order valence-corrected chi connectivity index (χ3v) is 7.79. The summed E-state index contributed by atoms with van der Waals surface area (Å²) in [4.78, 5) is 35.2. The fourth-order valence-corrected chi connectivity index (χ4v) is 6.15. The number of methoxy groups -OCH3 is 2. The minimum Gasteiger partial charge on any atom is -0.493 e. The summed E-state index contributed by atoms with van der Waals surface area (Å²) in [7, 11) is 3.17. The Kier molecular flexibility index (Phi) is 6.81. The zero-order valence-corrected chi connectivity index (χ0v) is 20.3. The van der Waals surface area contributed by atoms with Crippen LogP contribution < -0.4 is 9.47 Å². The van der Waals surface area contributed by atoms with Gasteiger partial charge in [0, 0.05) is 17.4 Å². The molecule has 0 spiro atoms. The van der Waals surface area contributed by atoms with E-state index < -0.39 is 35.0 Å². The standard InChI is InChI=1S/C26H32O9/c1-15(24(29)30)34-20(27)8-9-21(28)35-18-10-12-26(31)17-5-4-11-25(26,14-18)22-16(13-17)6-7-19(32-2)23(22)33-3/h6-7,10,15,17,31H,4-5,8-9,11-14H2,1-3H3,(H,29,30)/t15-,17-,25-,26-/m0/s1. The second kappa shape index (κ2) is 9.53. The van der Waals surface area contributed by atoms with Crippen LogP contribution in [0.15, 0.2) is 24.0 Å². The second-order valence-corrected chi connectivity index (χ2v) is 9.63. The van der Waals surface area contributed by atoms with Crippen molar-refractivity contribution >= 4 is 17.9 Å². The van der Waals surface area contributed by atoms with Gasteiger partial charge in [-0.15, -0.1) is 0 Å². The quantitative estimate of drug-likeness (QED) is 0.531. The van der Waals surface area contributed by atoms with Crippen LogP contribution in [0.25, 0.3) is 0 Å². The number of fused-ring (bicyclic) bond motifs is 1. The van der Waals surface area contributed by atoms with E-state index in [-0.39, 0.29) is 18.8 Å². The van der Waals surface area contributed by atoms with Crippen LogP contribution in [-0.2, 0) is 35.7 Å². The summed E-state index contributed by atoms with van der Waals surface area (Å²) in [6, 6.07) is 3.92. The molecule has 9 nitrogen and oxygen atoms in total. The van der Waals surface area contributed by atoms with Crippen LogP contribution >= 0.6 is 0 Å². The molecule has 0 aromatic heterocycles. The maximum atomic E-state index is 12.5. The molecule has 0 saturated heterocycles. The van der Waals surface area contributed by atoms with E-state index in [1.807, 2.05) is 12.1 Å². The molecule has 0 unspecified atom stereocenters. The lowest BCUT2D eigenvalue weighted by atomic mass is 9.47. The van der Waals surface area contributed by atoms with Crippen molar-refractivity contribution in [3.63, 3.8) is 0 Å². The fourth-order valence-electron chi connectivity index (χ4n) is 6.15. The molecule has 1 aromatic carbocycles. The maximum absolute atomic E-state index is 12.5. The average molecular weight is 489 g/mol. The molecular weight excluding hydrogens is 456 g/mol. The lowest BCUT2D eigenvalue weighted by Crippen LogP contribution is -2.63. The average Bonchev–Trinajstić information content (AvgIpc) is 2.82. The number of ether oxygens (including phenoxy) is 4. The molecule has 1 aromatic rings. The van der Waals surface area contributed by atoms with Crippen molar-refractivity contribution in [3.8, 4) is 11.5 Å². The number of carbonyl (C=O) groups excluding carboxylic acids is 2. The van der Waals surface area contributed by atoms with Crippen LogP contribution in [0.2, 0.25) is 0 Å². The minimum atomic E-state index is -1.28. The Morgan fingerprint density at radius 1 is 1.14 bits per heavy atom. The number of carbonyl (C=O) groups is 3. The fraction of sp³-hybridized carbons (Fsp3) is 0.577. The highest BCUT2D eigenvalue weighted by atomic mass is 16.6. The van der Waals surface area contributed by atoms with Crippen LogP contribution in [-0.4, -0.2) is 54.0 Å². The van der Waals surface area contributed by atoms with Crippen molar-refractivity contribution < 1.29 is 43.5 Å². The Morgan fingerprint density at radius 2 is 1.89 bits per heavy atom. The molecule has 0 aliphatic heterocycles. The second-order valence-electron chi connectivity index (χ2n) is 9.63. The topological polar surface area (TPSA) is 129 Å². The van der Waals surface area contributed by atoms with Gasteiger partial charge in [0.15, 0.2) is 17.6 Å². The number of esters is 2. The number of aliphatic carboxylic acids is 1. The van der Waals surface area contributed by atoms with Gasteiger partial charge in [-0.1, -0.05) is 12.5 Å². The number of aliphatic hydroxyl groups is 1. The Bertz CT molecular complexity index is 1060. The van der Waals surface area contributed by atoms with Gasteiger partial charge in [0.25, 0.3) is 0 Å². The first kappa shape index (κ1) is 25.0. The van der Waals surface area contributed by atoms with Gasteiger partial charge in [0.05, 0.1) is 32.7 Å². The molecule has 0 heterocycles. The van der Waals surface area contributed by atoms with Crippen LogP contribution in [0.3, 0.4) is 0 Å². The van der Waals surface area contributed by atoms with E-state index in [4.69, 9.17) is 24.1 Å². The van der Waals surface area contributed by atoms with Crippen LogP contribution in [0.5, 0.6) is 11.5 Å². The SMILES string of the molecule is COc1ccc2c(c1OC)[C@@]13CCC[C@@H](C2)[C@@]1(O)CC=C(OC(=O)CCC(=O)O[C@@H](C)C(=O)O)C3. The number of hydrogen-bond donors (Lipinski definition) is 2. The molecule has 3 aliphatic carbocycles. The number of carboxylic acids is 1. The molecule has 35 heavy (non-hydrogen) atoms. The van der Waals surface area contributed by atoms with Crippen molar-refractivity contribution in [2.45, 2.75) is 75.4 Å². The first-order valence-electron chi connectivity index (χ1n) is 11.9. The Hall–Kier alpha value is -3.07. The van der Waals surface area contributed by atoms with Gasteiger partial charge in [-0.3, -0.25) is 9.59 Å². The molecular formula is C26H32O9. The Balaban J connectivity index is 1.56. The zero-order valence-electron chi connectivity index (χ0n) is 20.3. The van der Waals surface area contributed by atoms with Crippen molar-refractivity contribution in [1.82, 2.24) is 0 Å². The van der Waals surface area contributed by atoms with Crippen molar-refractivity contribution in [3.05, 3.63) is 35.1 Å². The first-order chi connectivity index (χ1) is 16.6. The van der Waals surface area contributed by atoms with E-state index in [9.17, 15) is 19.5 Å². The van der Waals surface area contributed by atoms with Gasteiger partial charge in [0.1, 0.15) is 5.76 Å². The molecule has 2 N–H and O–H groups in total. The van der Waals surface area contributed by atoms with E-state index in [0.29, 0.717) is 36.5 Å². The molecule has 190 valence electrons. The lowest BCUT2D eigenvalue weighted by molar-refractivity contribution is -0.163. The summed E-state index contributed by atoms with van der Waals surface area (Å²) in [5, 5.41) is 20.9. The first-order valence-corrected chi connectivity index (χ1v) is 11.9. The zero-order chi connectivity index (χ0) is 25.4. The summed E-state index contributed by atoms with van der Waals surface area (Å²) in [5.41, 5.74) is 0.347. The Morgan fingerprint density at radius 3 is 2.57 bits per heavy atom. The summed E-state index contributed by atoms with van der Waals surface area (Å²) in [5.74, 6) is -0.923. The lowest BCUT2D eigenvalue weighted by Gasteiger charge is -2.60. The predicted octanol–water partition coefficient (Wildman–Crippen LogP) is 3.05. The molecule has 9 heteroatoms. The minimum absolute atomic E-state index is 0.0846. The highest BCUT2D eigenvalue weighted by Gasteiger charge is 2.63. The molecule has 4 rings (SSSR count). The maximum Gasteiger partial charge on any atom is 0.344 e. The molecule has 4 atom stereocenters. The summed E-state index contributed by atoms with van der Waals surface area (Å²) < 4.78 is 21.7. The van der Waals surface area contributed by atoms with Crippen LogP contribution in [0.4, 0.5) is 0 Å². The molecule has 2 bridgehead atoms. The molecule has 1 fully saturated rings. The van der Waals surface area contributed by atoms with Crippen molar-refractivity contribution in [2.75, 3.05) is 14.2 Å². The van der Waals surface area contributed by atoms with Gasteiger partial charge < -0.3 is 29.2 Å². The van der Waals surface area contributed by atoms with Gasteiger partial charge in [-0.2, -0.15) is 0 Å². The van der Waals surface area contributed by atoms with Gasteiger partial charge in [0.2, 0.25) is 0 Å². The van der Waals surface area contributed by atoms with E-state index in [1.165, 1.54) is 6.92 Å². The highest BCUT2D eigenvalue weighted by Crippen LogP contribution is 2.63. The monoisotopic (exact) mass is 488 g/mol. The van der Waals surface area contributed by atoms with Crippen LogP contribution in [0.1, 0.15) is 63.0 Å². The largest absolute Gasteiger partial charge is 0.493 e. The number of carboxylic acid groups (broad SMARTS) is 1. The van der Waals surface area contributed by atoms with Crippen molar-refractivity contribution in [1.29, 1.82) is 0 Å². The smallest absolute Gasteiger partial charge is 0.344 e. The number of allylic oxidation sites excluding steroid dienone is 1. The normalized spacial score (nSPS) is 27.4. The molecule has 3 aliphatic rings. The number of hydrogen-bond acceptors (Lipinski definition) is 8. The summed E-state index contributed by atoms with van der Waals surface area (Å²) in [6.45, 7) is 1.24. The van der Waals surface area contributed by atoms with Gasteiger partial charge in [-0.25, -0.2) is 4.79 Å². The van der Waals surface area contributed by atoms with E-state index in [0.717, 1.165) is 30.4 Å². The van der Waals surface area contributed by atoms with Gasteiger partial charge >= 0.3 is 17.9 Å². The molecule has 1 saturated carbocycles.